The van der Waals surface area contributed by atoms with Crippen molar-refractivity contribution in [1.29, 1.82) is 0 Å². The van der Waals surface area contributed by atoms with E-state index in [0.717, 1.165) is 37.4 Å². The summed E-state index contributed by atoms with van der Waals surface area (Å²) in [6.45, 7) is 7.63. The van der Waals surface area contributed by atoms with Gasteiger partial charge in [0.25, 0.3) is 0 Å². The zero-order valence-corrected chi connectivity index (χ0v) is 23.8. The summed E-state index contributed by atoms with van der Waals surface area (Å²) in [5.74, 6) is 1.88. The van der Waals surface area contributed by atoms with E-state index in [0.29, 0.717) is 29.1 Å². The Balaban J connectivity index is 1.49. The van der Waals surface area contributed by atoms with Gasteiger partial charge in [0.15, 0.2) is 15.5 Å². The number of methoxy groups -OCH3 is 1. The molecule has 1 fully saturated rings. The van der Waals surface area contributed by atoms with Crippen LogP contribution in [0.3, 0.4) is 0 Å². The van der Waals surface area contributed by atoms with Crippen molar-refractivity contribution in [2.24, 2.45) is 0 Å². The first-order valence-corrected chi connectivity index (χ1v) is 14.7. The quantitative estimate of drug-likeness (QED) is 0.316. The Labute approximate surface area is 229 Å². The Bertz CT molecular complexity index is 1590. The number of sulfone groups is 1. The molecule has 206 valence electrons. The van der Waals surface area contributed by atoms with Crippen LogP contribution in [0.25, 0.3) is 5.65 Å². The molecule has 0 aliphatic carbocycles. The van der Waals surface area contributed by atoms with Gasteiger partial charge in [-0.1, -0.05) is 12.1 Å². The van der Waals surface area contributed by atoms with Crippen LogP contribution in [0.15, 0.2) is 53.6 Å². The molecule has 11 heteroatoms. The molecule has 0 spiro atoms. The Kier molecular flexibility index (Phi) is 7.46. The molecule has 0 amide bonds. The van der Waals surface area contributed by atoms with Gasteiger partial charge < -0.3 is 20.3 Å². The zero-order chi connectivity index (χ0) is 27.7. The highest BCUT2D eigenvalue weighted by molar-refractivity contribution is 7.92. The topological polar surface area (TPSA) is 114 Å². The summed E-state index contributed by atoms with van der Waals surface area (Å²) in [5.41, 5.74) is 4.22. The van der Waals surface area contributed by atoms with Crippen molar-refractivity contribution >= 4 is 38.8 Å². The van der Waals surface area contributed by atoms with Crippen molar-refractivity contribution in [3.63, 3.8) is 0 Å². The summed E-state index contributed by atoms with van der Waals surface area (Å²) in [6.07, 6.45) is 3.87. The molecule has 0 unspecified atom stereocenters. The number of aryl methyl sites for hydroxylation is 1. The Hall–Kier alpha value is -3.70. The molecule has 2 aromatic heterocycles. The van der Waals surface area contributed by atoms with Crippen molar-refractivity contribution in [1.82, 2.24) is 24.5 Å². The molecule has 1 aliphatic rings. The van der Waals surface area contributed by atoms with E-state index in [9.17, 15) is 8.42 Å². The maximum atomic E-state index is 13.0. The highest BCUT2D eigenvalue weighted by Crippen LogP contribution is 2.37. The third-order valence-electron chi connectivity index (χ3n) is 7.31. The second-order valence-electron chi connectivity index (χ2n) is 10.3. The van der Waals surface area contributed by atoms with E-state index >= 15 is 0 Å². The SMILES string of the molecule is COc1cc(C2CCN(C)CC2)c(C)cc1Nc1nc(Nc2ccccc2S(=O)(=O)C(C)C)n2nccc2n1. The number of nitrogens with zero attached hydrogens (tertiary/aromatic N) is 5. The van der Waals surface area contributed by atoms with E-state index in [1.165, 1.54) is 15.6 Å². The number of likely N-dealkylation sites (tertiary alicyclic amines) is 1. The zero-order valence-electron chi connectivity index (χ0n) is 23.0. The number of aromatic nitrogens is 4. The number of hydrogen-bond donors (Lipinski definition) is 2. The van der Waals surface area contributed by atoms with Gasteiger partial charge in [0.05, 0.1) is 34.8 Å². The normalized spacial score (nSPS) is 15.1. The second kappa shape index (κ2) is 10.8. The molecule has 0 radical (unpaired) electrons. The van der Waals surface area contributed by atoms with E-state index < -0.39 is 15.1 Å². The summed E-state index contributed by atoms with van der Waals surface area (Å²) in [6, 6.07) is 12.8. The summed E-state index contributed by atoms with van der Waals surface area (Å²) < 4.78 is 33.3. The van der Waals surface area contributed by atoms with E-state index in [-0.39, 0.29) is 4.90 Å². The Morgan fingerprint density at radius 3 is 2.49 bits per heavy atom. The Morgan fingerprint density at radius 1 is 1.03 bits per heavy atom. The molecular formula is C28H35N7O3S. The van der Waals surface area contributed by atoms with Gasteiger partial charge in [0.1, 0.15) is 5.75 Å². The van der Waals surface area contributed by atoms with E-state index in [4.69, 9.17) is 4.74 Å². The highest BCUT2D eigenvalue weighted by atomic mass is 32.2. The summed E-state index contributed by atoms with van der Waals surface area (Å²) in [5, 5.41) is 10.3. The number of para-hydroxylation sites is 1. The third-order valence-corrected chi connectivity index (χ3v) is 9.52. The van der Waals surface area contributed by atoms with Crippen molar-refractivity contribution in [3.8, 4) is 5.75 Å². The number of rotatable bonds is 8. The minimum absolute atomic E-state index is 0.204. The molecule has 5 rings (SSSR count). The van der Waals surface area contributed by atoms with Gasteiger partial charge in [-0.2, -0.15) is 19.6 Å². The summed E-state index contributed by atoms with van der Waals surface area (Å²) >= 11 is 0. The van der Waals surface area contributed by atoms with Crippen molar-refractivity contribution in [3.05, 3.63) is 59.8 Å². The highest BCUT2D eigenvalue weighted by Gasteiger charge is 2.24. The van der Waals surface area contributed by atoms with Gasteiger partial charge in [-0.3, -0.25) is 0 Å². The Morgan fingerprint density at radius 2 is 1.77 bits per heavy atom. The summed E-state index contributed by atoms with van der Waals surface area (Å²) in [7, 11) is 0.300. The molecule has 0 bridgehead atoms. The van der Waals surface area contributed by atoms with Crippen molar-refractivity contribution in [2.45, 2.75) is 49.7 Å². The molecule has 10 nitrogen and oxygen atoms in total. The minimum Gasteiger partial charge on any atom is -0.495 e. The van der Waals surface area contributed by atoms with E-state index in [1.807, 2.05) is 0 Å². The first-order chi connectivity index (χ1) is 18.7. The first-order valence-electron chi connectivity index (χ1n) is 13.1. The largest absolute Gasteiger partial charge is 0.495 e. The molecular weight excluding hydrogens is 514 g/mol. The summed E-state index contributed by atoms with van der Waals surface area (Å²) in [4.78, 5) is 11.9. The van der Waals surface area contributed by atoms with Gasteiger partial charge in [-0.15, -0.1) is 0 Å². The number of piperidine rings is 1. The first kappa shape index (κ1) is 26.9. The third kappa shape index (κ3) is 5.41. The smallest absolute Gasteiger partial charge is 0.233 e. The lowest BCUT2D eigenvalue weighted by Gasteiger charge is -2.30. The van der Waals surface area contributed by atoms with Gasteiger partial charge in [0, 0.05) is 6.07 Å². The molecule has 39 heavy (non-hydrogen) atoms. The van der Waals surface area contributed by atoms with Gasteiger partial charge in [-0.25, -0.2) is 8.42 Å². The second-order valence-corrected chi connectivity index (χ2v) is 12.8. The molecule has 2 N–H and O–H groups in total. The van der Waals surface area contributed by atoms with E-state index in [1.54, 1.807) is 57.5 Å². The molecule has 2 aromatic carbocycles. The van der Waals surface area contributed by atoms with Gasteiger partial charge in [0.2, 0.25) is 11.9 Å². The average molecular weight is 550 g/mol. The van der Waals surface area contributed by atoms with Crippen LogP contribution in [0.1, 0.15) is 43.7 Å². The van der Waals surface area contributed by atoms with Crippen LogP contribution >= 0.6 is 0 Å². The number of anilines is 4. The number of hydrogen-bond acceptors (Lipinski definition) is 9. The fourth-order valence-electron chi connectivity index (χ4n) is 5.00. The van der Waals surface area contributed by atoms with Gasteiger partial charge in [-0.05, 0) is 95.1 Å². The standard InChI is InChI=1S/C28H35N7O3S/c1-18(2)39(36,37)25-9-7-6-8-22(25)31-28-33-27(32-26-10-13-29-35(26)28)30-23-16-19(3)21(17-24(23)38-5)20-11-14-34(4)15-12-20/h6-10,13,16-18,20H,11-12,14-15H2,1-5H3,(H2,30,31,32,33). The average Bonchev–Trinajstić information content (AvgIpc) is 3.39. The number of fused-ring (bicyclic) bond motifs is 1. The maximum absolute atomic E-state index is 13.0. The molecule has 3 heterocycles. The van der Waals surface area contributed by atoms with Crippen LogP contribution in [0, 0.1) is 6.92 Å². The number of nitrogens with one attached hydrogen (secondary N) is 2. The lowest BCUT2D eigenvalue weighted by Crippen LogP contribution is -2.29. The van der Waals surface area contributed by atoms with Crippen molar-refractivity contribution in [2.75, 3.05) is 37.9 Å². The molecule has 0 saturated carbocycles. The molecule has 1 aliphatic heterocycles. The fourth-order valence-corrected chi connectivity index (χ4v) is 6.21. The van der Waals surface area contributed by atoms with Crippen LogP contribution < -0.4 is 15.4 Å². The lowest BCUT2D eigenvalue weighted by atomic mass is 9.86. The number of benzene rings is 2. The van der Waals surface area contributed by atoms with Crippen LogP contribution in [0.2, 0.25) is 0 Å². The monoisotopic (exact) mass is 549 g/mol. The number of ether oxygens (including phenoxy) is 1. The van der Waals surface area contributed by atoms with Crippen molar-refractivity contribution < 1.29 is 13.2 Å². The maximum Gasteiger partial charge on any atom is 0.233 e. The minimum atomic E-state index is -3.53. The molecule has 1 saturated heterocycles. The predicted octanol–water partition coefficient (Wildman–Crippen LogP) is 4.92. The lowest BCUT2D eigenvalue weighted by molar-refractivity contribution is 0.255. The fraction of sp³-hybridized carbons (Fsp3) is 0.393. The van der Waals surface area contributed by atoms with Crippen LogP contribution in [-0.4, -0.2) is 65.4 Å². The predicted molar refractivity (Wildman–Crippen MR) is 153 cm³/mol. The molecule has 0 atom stereocenters. The van der Waals surface area contributed by atoms with Crippen LogP contribution in [0.5, 0.6) is 5.75 Å². The van der Waals surface area contributed by atoms with Crippen LogP contribution in [-0.2, 0) is 9.84 Å². The van der Waals surface area contributed by atoms with Gasteiger partial charge >= 0.3 is 0 Å². The van der Waals surface area contributed by atoms with E-state index in [2.05, 4.69) is 56.7 Å². The molecule has 4 aromatic rings. The van der Waals surface area contributed by atoms with Crippen LogP contribution in [0.4, 0.5) is 23.3 Å².